The first-order chi connectivity index (χ1) is 9.15. The number of rotatable bonds is 4. The number of anilines is 1. The first kappa shape index (κ1) is 13.0. The van der Waals surface area contributed by atoms with E-state index in [4.69, 9.17) is 15.6 Å². The standard InChI is InChI=1S/C14H15N3O2/c1-10(18)19-12-6-7-16-11(8-12)9-17-14-5-3-2-4-13(14)15/h2-10,18H,15H2,1H3/b17-9+. The van der Waals surface area contributed by atoms with Crippen molar-refractivity contribution in [3.05, 3.63) is 48.3 Å². The van der Waals surface area contributed by atoms with Gasteiger partial charge >= 0.3 is 0 Å². The molecule has 3 N–H and O–H groups in total. The molecule has 98 valence electrons. The molecule has 1 aromatic carbocycles. The van der Waals surface area contributed by atoms with Crippen molar-refractivity contribution in [2.24, 2.45) is 4.99 Å². The van der Waals surface area contributed by atoms with Crippen LogP contribution in [0.3, 0.4) is 0 Å². The molecule has 0 radical (unpaired) electrons. The summed E-state index contributed by atoms with van der Waals surface area (Å²) in [4.78, 5) is 8.41. The number of benzene rings is 1. The maximum absolute atomic E-state index is 9.15. The van der Waals surface area contributed by atoms with Gasteiger partial charge in [0.25, 0.3) is 0 Å². The Hall–Kier alpha value is -2.40. The largest absolute Gasteiger partial charge is 0.465 e. The Labute approximate surface area is 111 Å². The maximum Gasteiger partial charge on any atom is 0.194 e. The van der Waals surface area contributed by atoms with Gasteiger partial charge in [-0.15, -0.1) is 0 Å². The second-order valence-corrected chi connectivity index (χ2v) is 3.95. The lowest BCUT2D eigenvalue weighted by Gasteiger charge is -2.08. The van der Waals surface area contributed by atoms with Gasteiger partial charge in [0, 0.05) is 12.3 Å². The van der Waals surface area contributed by atoms with Crippen LogP contribution in [-0.2, 0) is 0 Å². The molecular weight excluding hydrogens is 242 g/mol. The van der Waals surface area contributed by atoms with Gasteiger partial charge in [-0.2, -0.15) is 0 Å². The van der Waals surface area contributed by atoms with Crippen molar-refractivity contribution in [2.45, 2.75) is 13.2 Å². The van der Waals surface area contributed by atoms with Crippen LogP contribution in [-0.4, -0.2) is 22.6 Å². The topological polar surface area (TPSA) is 80.7 Å². The van der Waals surface area contributed by atoms with E-state index in [1.165, 1.54) is 0 Å². The number of aromatic nitrogens is 1. The summed E-state index contributed by atoms with van der Waals surface area (Å²) in [7, 11) is 0. The SMILES string of the molecule is CC(O)Oc1ccnc(/C=N/c2ccccc2N)c1. The van der Waals surface area contributed by atoms with Crippen molar-refractivity contribution in [3.63, 3.8) is 0 Å². The van der Waals surface area contributed by atoms with Crippen LogP contribution in [0.15, 0.2) is 47.6 Å². The summed E-state index contributed by atoms with van der Waals surface area (Å²) < 4.78 is 5.16. The van der Waals surface area contributed by atoms with Crippen LogP contribution in [0.5, 0.6) is 5.75 Å². The summed E-state index contributed by atoms with van der Waals surface area (Å²) in [6, 6.07) is 10.7. The van der Waals surface area contributed by atoms with E-state index < -0.39 is 6.29 Å². The number of aliphatic imine (C=N–C) groups is 1. The summed E-state index contributed by atoms with van der Waals surface area (Å²) >= 11 is 0. The minimum Gasteiger partial charge on any atom is -0.465 e. The van der Waals surface area contributed by atoms with Gasteiger partial charge in [0.1, 0.15) is 5.75 Å². The van der Waals surface area contributed by atoms with Crippen molar-refractivity contribution >= 4 is 17.6 Å². The second-order valence-electron chi connectivity index (χ2n) is 3.95. The molecule has 1 aromatic heterocycles. The predicted octanol–water partition coefficient (Wildman–Crippen LogP) is 2.13. The van der Waals surface area contributed by atoms with Gasteiger partial charge in [-0.05, 0) is 25.1 Å². The number of para-hydroxylation sites is 2. The van der Waals surface area contributed by atoms with Gasteiger partial charge in [0.15, 0.2) is 6.29 Å². The Morgan fingerprint density at radius 2 is 2.16 bits per heavy atom. The lowest BCUT2D eigenvalue weighted by Crippen LogP contribution is -2.09. The molecule has 0 fully saturated rings. The number of nitrogen functional groups attached to an aromatic ring is 1. The highest BCUT2D eigenvalue weighted by Gasteiger charge is 2.00. The number of pyridine rings is 1. The van der Waals surface area contributed by atoms with Crippen molar-refractivity contribution in [1.29, 1.82) is 0 Å². The van der Waals surface area contributed by atoms with E-state index in [0.29, 0.717) is 22.8 Å². The average Bonchev–Trinajstić information content (AvgIpc) is 2.37. The third-order valence-electron chi connectivity index (χ3n) is 2.33. The monoisotopic (exact) mass is 257 g/mol. The smallest absolute Gasteiger partial charge is 0.194 e. The zero-order valence-electron chi connectivity index (χ0n) is 10.5. The molecule has 0 aliphatic rings. The number of nitrogens with two attached hydrogens (primary N) is 1. The molecule has 5 heteroatoms. The molecule has 0 aliphatic carbocycles. The van der Waals surface area contributed by atoms with Gasteiger partial charge in [-0.3, -0.25) is 9.98 Å². The van der Waals surface area contributed by atoms with E-state index in [-0.39, 0.29) is 0 Å². The fourth-order valence-corrected chi connectivity index (χ4v) is 1.51. The van der Waals surface area contributed by atoms with E-state index in [1.807, 2.05) is 18.2 Å². The molecule has 1 heterocycles. The van der Waals surface area contributed by atoms with E-state index in [9.17, 15) is 0 Å². The fraction of sp³-hybridized carbons (Fsp3) is 0.143. The van der Waals surface area contributed by atoms with Gasteiger partial charge in [0.05, 0.1) is 23.3 Å². The summed E-state index contributed by atoms with van der Waals surface area (Å²) in [5, 5.41) is 9.15. The first-order valence-electron chi connectivity index (χ1n) is 5.84. The van der Waals surface area contributed by atoms with E-state index in [0.717, 1.165) is 0 Å². The van der Waals surface area contributed by atoms with Crippen LogP contribution in [0.1, 0.15) is 12.6 Å². The molecule has 19 heavy (non-hydrogen) atoms. The number of nitrogens with zero attached hydrogens (tertiary/aromatic N) is 2. The summed E-state index contributed by atoms with van der Waals surface area (Å²) in [5.41, 5.74) is 7.71. The van der Waals surface area contributed by atoms with Crippen molar-refractivity contribution in [3.8, 4) is 5.75 Å². The molecule has 1 atom stereocenters. The van der Waals surface area contributed by atoms with Crippen molar-refractivity contribution in [2.75, 3.05) is 5.73 Å². The summed E-state index contributed by atoms with van der Waals surface area (Å²) in [6.07, 6.45) is 2.32. The number of hydrogen-bond donors (Lipinski definition) is 2. The molecule has 0 spiro atoms. The molecular formula is C14H15N3O2. The number of aliphatic hydroxyl groups is 1. The molecule has 1 unspecified atom stereocenters. The van der Waals surface area contributed by atoms with Crippen LogP contribution in [0.25, 0.3) is 0 Å². The third kappa shape index (κ3) is 3.79. The van der Waals surface area contributed by atoms with Gasteiger partial charge in [-0.25, -0.2) is 0 Å². The van der Waals surface area contributed by atoms with Gasteiger partial charge in [-0.1, -0.05) is 12.1 Å². The Bertz CT molecular complexity index is 582. The number of hydrogen-bond acceptors (Lipinski definition) is 5. The molecule has 0 amide bonds. The highest BCUT2D eigenvalue weighted by atomic mass is 16.6. The second kappa shape index (κ2) is 5.97. The van der Waals surface area contributed by atoms with Crippen LogP contribution >= 0.6 is 0 Å². The van der Waals surface area contributed by atoms with Crippen LogP contribution in [0, 0.1) is 0 Å². The minimum absolute atomic E-state index is 0.535. The highest BCUT2D eigenvalue weighted by molar-refractivity contribution is 5.82. The molecule has 2 rings (SSSR count). The quantitative estimate of drug-likeness (QED) is 0.499. The van der Waals surface area contributed by atoms with E-state index >= 15 is 0 Å². The molecule has 5 nitrogen and oxygen atoms in total. The summed E-state index contributed by atoms with van der Waals surface area (Å²) in [5.74, 6) is 0.535. The predicted molar refractivity (Wildman–Crippen MR) is 74.7 cm³/mol. The van der Waals surface area contributed by atoms with Crippen molar-refractivity contribution in [1.82, 2.24) is 4.98 Å². The van der Waals surface area contributed by atoms with Crippen LogP contribution < -0.4 is 10.5 Å². The van der Waals surface area contributed by atoms with Crippen LogP contribution in [0.4, 0.5) is 11.4 Å². The zero-order chi connectivity index (χ0) is 13.7. The zero-order valence-corrected chi connectivity index (χ0v) is 10.5. The molecule has 2 aromatic rings. The fourth-order valence-electron chi connectivity index (χ4n) is 1.51. The molecule has 0 saturated carbocycles. The lowest BCUT2D eigenvalue weighted by atomic mass is 10.3. The van der Waals surface area contributed by atoms with E-state index in [1.54, 1.807) is 37.5 Å². The lowest BCUT2D eigenvalue weighted by molar-refractivity contribution is -0.000351. The highest BCUT2D eigenvalue weighted by Crippen LogP contribution is 2.20. The first-order valence-corrected chi connectivity index (χ1v) is 5.84. The minimum atomic E-state index is -0.864. The van der Waals surface area contributed by atoms with Crippen LogP contribution in [0.2, 0.25) is 0 Å². The van der Waals surface area contributed by atoms with Gasteiger partial charge in [0.2, 0.25) is 0 Å². The molecule has 0 aliphatic heterocycles. The molecule has 0 bridgehead atoms. The number of aliphatic hydroxyl groups excluding tert-OH is 1. The van der Waals surface area contributed by atoms with Crippen molar-refractivity contribution < 1.29 is 9.84 Å². The Balaban J connectivity index is 2.17. The van der Waals surface area contributed by atoms with Gasteiger partial charge < -0.3 is 15.6 Å². The summed E-state index contributed by atoms with van der Waals surface area (Å²) in [6.45, 7) is 1.54. The Morgan fingerprint density at radius 3 is 2.89 bits per heavy atom. The van der Waals surface area contributed by atoms with E-state index in [2.05, 4.69) is 9.98 Å². The normalized spacial score (nSPS) is 12.5. The molecule has 0 saturated heterocycles. The average molecular weight is 257 g/mol. The Kier molecular flexibility index (Phi) is 4.10. The number of ether oxygens (including phenoxy) is 1. The Morgan fingerprint density at radius 1 is 1.37 bits per heavy atom. The third-order valence-corrected chi connectivity index (χ3v) is 2.33. The maximum atomic E-state index is 9.15.